The molecule has 1 heteroatoms. The largest absolute Gasteiger partial charge is 0.310 e. The molecular formula is C81H55N. The first-order valence-corrected chi connectivity index (χ1v) is 28.7. The Morgan fingerprint density at radius 1 is 0.183 bits per heavy atom. The molecule has 13 aromatic rings. The van der Waals surface area contributed by atoms with Gasteiger partial charge in [0.15, 0.2) is 0 Å². The third kappa shape index (κ3) is 6.74. The normalized spacial score (nSPS) is 14.1. The maximum atomic E-state index is 2.49. The van der Waals surface area contributed by atoms with E-state index in [1.807, 2.05) is 0 Å². The molecule has 0 unspecified atom stereocenters. The zero-order chi connectivity index (χ0) is 54.2. The molecule has 0 atom stereocenters. The summed E-state index contributed by atoms with van der Waals surface area (Å²) in [6.07, 6.45) is 0. The van der Waals surface area contributed by atoms with Crippen molar-refractivity contribution >= 4 is 17.1 Å². The highest BCUT2D eigenvalue weighted by molar-refractivity contribution is 5.97. The molecule has 0 radical (unpaired) electrons. The topological polar surface area (TPSA) is 3.24 Å². The molecule has 0 aliphatic heterocycles. The third-order valence-corrected chi connectivity index (χ3v) is 18.3. The number of benzene rings is 13. The summed E-state index contributed by atoms with van der Waals surface area (Å²) in [5.41, 5.74) is 27.0. The summed E-state index contributed by atoms with van der Waals surface area (Å²) >= 11 is 0. The summed E-state index contributed by atoms with van der Waals surface area (Å²) < 4.78 is 0. The van der Waals surface area contributed by atoms with E-state index in [4.69, 9.17) is 0 Å². The Morgan fingerprint density at radius 2 is 0.476 bits per heavy atom. The van der Waals surface area contributed by atoms with Crippen LogP contribution < -0.4 is 4.90 Å². The molecule has 0 saturated carbocycles. The SMILES string of the molecule is c1ccc(C2(c3ccc(N(c4ccc(-c5cccc6c5-c5ccccc5C6(c5ccccc5)c5ccccc5)cc4)c4ccc5c(c4)C(c4ccccc4)(c4ccccc4)c4ccccc4-5)cc3)c3ccccc3-c3ccccc32)cc1. The average molecular weight is 1040 g/mol. The van der Waals surface area contributed by atoms with Crippen molar-refractivity contribution in [2.45, 2.75) is 16.2 Å². The standard InChI is InChI=1S/C81H55N/c1-6-25-57(26-7-1)79(72-40-20-16-35-67(72)68-36-17-21-41-73(68)79)62-47-51-64(52-48-62)82(65-53-54-70-69-37-18-22-42-74(69)81(77(70)55-65,60-31-12-4-13-32-60)61-33-14-5-15-34-61)63-49-45-56(46-50-63)66-39-24-44-76-78(66)71-38-19-23-43-75(71)80(76,58-27-8-2-9-28-58)59-29-10-3-11-30-59/h1-55H. The van der Waals surface area contributed by atoms with Gasteiger partial charge in [-0.1, -0.05) is 297 Å². The van der Waals surface area contributed by atoms with Gasteiger partial charge in [-0.15, -0.1) is 0 Å². The van der Waals surface area contributed by atoms with Crippen molar-refractivity contribution in [3.05, 3.63) is 400 Å². The molecule has 1 nitrogen and oxygen atoms in total. The Morgan fingerprint density at radius 3 is 0.915 bits per heavy atom. The zero-order valence-electron chi connectivity index (χ0n) is 45.2. The fraction of sp³-hybridized carbons (Fsp3) is 0.0370. The maximum absolute atomic E-state index is 2.49. The number of anilines is 3. The molecule has 384 valence electrons. The van der Waals surface area contributed by atoms with Crippen molar-refractivity contribution in [1.82, 2.24) is 0 Å². The first kappa shape index (κ1) is 47.6. The van der Waals surface area contributed by atoms with Crippen LogP contribution in [0.4, 0.5) is 17.1 Å². The van der Waals surface area contributed by atoms with Crippen LogP contribution in [0.15, 0.2) is 334 Å². The highest BCUT2D eigenvalue weighted by atomic mass is 15.1. The number of hydrogen-bond donors (Lipinski definition) is 0. The second kappa shape index (κ2) is 18.9. The number of rotatable bonds is 10. The smallest absolute Gasteiger partial charge is 0.0714 e. The minimum atomic E-state index is -0.562. The molecule has 0 amide bonds. The van der Waals surface area contributed by atoms with Crippen LogP contribution in [-0.4, -0.2) is 0 Å². The first-order chi connectivity index (χ1) is 40.7. The van der Waals surface area contributed by atoms with E-state index < -0.39 is 16.2 Å². The molecule has 82 heavy (non-hydrogen) atoms. The molecule has 0 saturated heterocycles. The van der Waals surface area contributed by atoms with Crippen LogP contribution in [0.1, 0.15) is 66.8 Å². The third-order valence-electron chi connectivity index (χ3n) is 18.3. The van der Waals surface area contributed by atoms with E-state index >= 15 is 0 Å². The van der Waals surface area contributed by atoms with Crippen molar-refractivity contribution in [3.63, 3.8) is 0 Å². The summed E-state index contributed by atoms with van der Waals surface area (Å²) in [7, 11) is 0. The highest BCUT2D eigenvalue weighted by Gasteiger charge is 2.49. The predicted octanol–water partition coefficient (Wildman–Crippen LogP) is 19.9. The van der Waals surface area contributed by atoms with Crippen molar-refractivity contribution < 1.29 is 0 Å². The van der Waals surface area contributed by atoms with Gasteiger partial charge in [0, 0.05) is 17.1 Å². The van der Waals surface area contributed by atoms with Gasteiger partial charge >= 0.3 is 0 Å². The van der Waals surface area contributed by atoms with Crippen molar-refractivity contribution in [3.8, 4) is 44.5 Å². The van der Waals surface area contributed by atoms with E-state index in [0.29, 0.717) is 0 Å². The van der Waals surface area contributed by atoms with E-state index in [1.54, 1.807) is 0 Å². The second-order valence-electron chi connectivity index (χ2n) is 22.1. The van der Waals surface area contributed by atoms with Crippen LogP contribution in [0.2, 0.25) is 0 Å². The zero-order valence-corrected chi connectivity index (χ0v) is 45.2. The molecular weight excluding hydrogens is 987 g/mol. The van der Waals surface area contributed by atoms with Gasteiger partial charge in [-0.05, 0) is 148 Å². The molecule has 0 heterocycles. The summed E-state index contributed by atoms with van der Waals surface area (Å²) in [5, 5.41) is 0. The lowest BCUT2D eigenvalue weighted by Crippen LogP contribution is -2.29. The van der Waals surface area contributed by atoms with Crippen LogP contribution in [-0.2, 0) is 16.2 Å². The lowest BCUT2D eigenvalue weighted by atomic mass is 9.67. The van der Waals surface area contributed by atoms with Crippen molar-refractivity contribution in [2.75, 3.05) is 4.90 Å². The monoisotopic (exact) mass is 1040 g/mol. The minimum Gasteiger partial charge on any atom is -0.310 e. The number of nitrogens with zero attached hydrogens (tertiary/aromatic N) is 1. The van der Waals surface area contributed by atoms with E-state index in [-0.39, 0.29) is 0 Å². The predicted molar refractivity (Wildman–Crippen MR) is 338 cm³/mol. The fourth-order valence-electron chi connectivity index (χ4n) is 15.1. The molecule has 16 rings (SSSR count). The molecule has 0 spiro atoms. The van der Waals surface area contributed by atoms with Gasteiger partial charge in [0.25, 0.3) is 0 Å². The first-order valence-electron chi connectivity index (χ1n) is 28.7. The van der Waals surface area contributed by atoms with E-state index in [2.05, 4.69) is 339 Å². The molecule has 3 aliphatic carbocycles. The van der Waals surface area contributed by atoms with Gasteiger partial charge in [-0.25, -0.2) is 0 Å². The molecule has 0 N–H and O–H groups in total. The minimum absolute atomic E-state index is 0.489. The molecule has 0 aromatic heterocycles. The van der Waals surface area contributed by atoms with Crippen LogP contribution in [0.25, 0.3) is 44.5 Å². The van der Waals surface area contributed by atoms with Crippen molar-refractivity contribution in [1.29, 1.82) is 0 Å². The lowest BCUT2D eigenvalue weighted by Gasteiger charge is -2.35. The van der Waals surface area contributed by atoms with Gasteiger partial charge in [-0.2, -0.15) is 0 Å². The molecule has 13 aromatic carbocycles. The maximum Gasteiger partial charge on any atom is 0.0714 e. The quantitative estimate of drug-likeness (QED) is 0.132. The van der Waals surface area contributed by atoms with E-state index in [0.717, 1.165) is 17.1 Å². The van der Waals surface area contributed by atoms with Gasteiger partial charge in [0.2, 0.25) is 0 Å². The number of hydrogen-bond acceptors (Lipinski definition) is 1. The summed E-state index contributed by atoms with van der Waals surface area (Å²) in [4.78, 5) is 2.48. The van der Waals surface area contributed by atoms with Gasteiger partial charge in [0.05, 0.1) is 16.2 Å². The molecule has 3 aliphatic rings. The second-order valence-corrected chi connectivity index (χ2v) is 22.1. The van der Waals surface area contributed by atoms with Crippen LogP contribution in [0.3, 0.4) is 0 Å². The van der Waals surface area contributed by atoms with Gasteiger partial charge in [-0.3, -0.25) is 0 Å². The summed E-state index contributed by atoms with van der Waals surface area (Å²) in [5.74, 6) is 0. The Kier molecular flexibility index (Phi) is 11.0. The van der Waals surface area contributed by atoms with Gasteiger partial charge in [0.1, 0.15) is 0 Å². The average Bonchev–Trinajstić information content (AvgIpc) is 2.66. The lowest BCUT2D eigenvalue weighted by molar-refractivity contribution is 0.768. The van der Waals surface area contributed by atoms with Gasteiger partial charge < -0.3 is 4.90 Å². The van der Waals surface area contributed by atoms with E-state index in [9.17, 15) is 0 Å². The van der Waals surface area contributed by atoms with Crippen LogP contribution in [0.5, 0.6) is 0 Å². The Labute approximate surface area is 480 Å². The Bertz CT molecular complexity index is 4400. The van der Waals surface area contributed by atoms with Crippen LogP contribution >= 0.6 is 0 Å². The fourth-order valence-corrected chi connectivity index (χ4v) is 15.1. The highest BCUT2D eigenvalue weighted by Crippen LogP contribution is 2.61. The summed E-state index contributed by atoms with van der Waals surface area (Å²) in [6.45, 7) is 0. The van der Waals surface area contributed by atoms with E-state index in [1.165, 1.54) is 111 Å². The summed E-state index contributed by atoms with van der Waals surface area (Å²) in [6, 6.07) is 125. The Hall–Kier alpha value is -10.3. The molecule has 0 fully saturated rings. The number of fused-ring (bicyclic) bond motifs is 9. The van der Waals surface area contributed by atoms with Crippen molar-refractivity contribution in [2.24, 2.45) is 0 Å². The molecule has 0 bridgehead atoms. The Balaban J connectivity index is 0.899. The van der Waals surface area contributed by atoms with Crippen LogP contribution in [0, 0.1) is 0 Å².